The van der Waals surface area contributed by atoms with Crippen LogP contribution in [0.5, 0.6) is 0 Å². The van der Waals surface area contributed by atoms with Crippen molar-refractivity contribution in [3.63, 3.8) is 0 Å². The van der Waals surface area contributed by atoms with E-state index in [-0.39, 0.29) is 11.7 Å². The van der Waals surface area contributed by atoms with Crippen LogP contribution in [0.1, 0.15) is 23.2 Å². The fourth-order valence-electron chi connectivity index (χ4n) is 3.32. The Kier molecular flexibility index (Phi) is 7.18. The van der Waals surface area contributed by atoms with Gasteiger partial charge in [0.05, 0.1) is 18.3 Å². The molecule has 3 amide bonds. The van der Waals surface area contributed by atoms with Gasteiger partial charge in [0.1, 0.15) is 5.76 Å². The van der Waals surface area contributed by atoms with Crippen molar-refractivity contribution in [1.29, 1.82) is 0 Å². The molecule has 1 fully saturated rings. The van der Waals surface area contributed by atoms with Crippen LogP contribution < -0.4 is 10.6 Å². The van der Waals surface area contributed by atoms with Gasteiger partial charge in [0.25, 0.3) is 5.91 Å². The molecule has 1 saturated heterocycles. The molecule has 2 N–H and O–H groups in total. The standard InChI is InChI=1S/C21H23F3N4O4/c1-12-3-6-16(32-12)21(31)28-9-7-27(8-10-28)13(2)20(30)25-11-17(29)26-15-5-4-14(22)18(23)19(15)24/h3-6,13H,7-11H2,1-2H3,(H,25,30)(H,26,29). The third-order valence-corrected chi connectivity index (χ3v) is 5.21. The number of anilines is 1. The number of furan rings is 1. The first-order valence-electron chi connectivity index (χ1n) is 9.98. The lowest BCUT2D eigenvalue weighted by molar-refractivity contribution is -0.128. The molecule has 32 heavy (non-hydrogen) atoms. The topological polar surface area (TPSA) is 94.9 Å². The number of benzene rings is 1. The zero-order valence-corrected chi connectivity index (χ0v) is 17.6. The monoisotopic (exact) mass is 452 g/mol. The number of halogens is 3. The van der Waals surface area contributed by atoms with E-state index in [0.717, 1.165) is 6.07 Å². The molecule has 0 spiro atoms. The number of nitrogens with one attached hydrogen (secondary N) is 2. The first-order chi connectivity index (χ1) is 15.2. The summed E-state index contributed by atoms with van der Waals surface area (Å²) >= 11 is 0. The van der Waals surface area contributed by atoms with Crippen molar-refractivity contribution in [3.05, 3.63) is 53.2 Å². The Balaban J connectivity index is 1.45. The highest BCUT2D eigenvalue weighted by Crippen LogP contribution is 2.19. The summed E-state index contributed by atoms with van der Waals surface area (Å²) in [6.07, 6.45) is 0. The molecule has 0 bridgehead atoms. The van der Waals surface area contributed by atoms with Crippen LogP contribution in [0.2, 0.25) is 0 Å². The number of aryl methyl sites for hydroxylation is 1. The van der Waals surface area contributed by atoms with Crippen LogP contribution in [0.3, 0.4) is 0 Å². The lowest BCUT2D eigenvalue weighted by Crippen LogP contribution is -2.55. The van der Waals surface area contributed by atoms with Crippen LogP contribution in [-0.2, 0) is 9.59 Å². The fraction of sp³-hybridized carbons (Fsp3) is 0.381. The quantitative estimate of drug-likeness (QED) is 0.653. The SMILES string of the molecule is Cc1ccc(C(=O)N2CCN(C(C)C(=O)NCC(=O)Nc3ccc(F)c(F)c3F)CC2)o1. The number of hydrogen-bond acceptors (Lipinski definition) is 5. The molecule has 8 nitrogen and oxygen atoms in total. The summed E-state index contributed by atoms with van der Waals surface area (Å²) in [6, 6.07) is 4.34. The molecule has 1 aromatic carbocycles. The van der Waals surface area contributed by atoms with Crippen molar-refractivity contribution < 1.29 is 32.0 Å². The van der Waals surface area contributed by atoms with E-state index in [4.69, 9.17) is 4.42 Å². The Hall–Kier alpha value is -3.34. The van der Waals surface area contributed by atoms with Gasteiger partial charge in [-0.15, -0.1) is 0 Å². The summed E-state index contributed by atoms with van der Waals surface area (Å²) in [6.45, 7) is 4.66. The van der Waals surface area contributed by atoms with Gasteiger partial charge in [-0.2, -0.15) is 0 Å². The van der Waals surface area contributed by atoms with Gasteiger partial charge in [-0.1, -0.05) is 0 Å². The number of hydrogen-bond donors (Lipinski definition) is 2. The predicted molar refractivity (Wildman–Crippen MR) is 108 cm³/mol. The van der Waals surface area contributed by atoms with E-state index >= 15 is 0 Å². The molecular weight excluding hydrogens is 429 g/mol. The van der Waals surface area contributed by atoms with Gasteiger partial charge < -0.3 is 20.0 Å². The van der Waals surface area contributed by atoms with E-state index in [1.165, 1.54) is 0 Å². The number of carbonyl (C=O) groups is 3. The highest BCUT2D eigenvalue weighted by Gasteiger charge is 2.29. The minimum atomic E-state index is -1.69. The summed E-state index contributed by atoms with van der Waals surface area (Å²) in [4.78, 5) is 40.3. The Morgan fingerprint density at radius 3 is 2.34 bits per heavy atom. The van der Waals surface area contributed by atoms with E-state index in [9.17, 15) is 27.6 Å². The highest BCUT2D eigenvalue weighted by atomic mass is 19.2. The second-order valence-corrected chi connectivity index (χ2v) is 7.40. The number of piperazine rings is 1. The average molecular weight is 452 g/mol. The number of carbonyl (C=O) groups excluding carboxylic acids is 3. The molecule has 0 aliphatic carbocycles. The van der Waals surface area contributed by atoms with Crippen LogP contribution >= 0.6 is 0 Å². The third kappa shape index (κ3) is 5.28. The van der Waals surface area contributed by atoms with Crippen molar-refractivity contribution in [1.82, 2.24) is 15.1 Å². The molecule has 11 heteroatoms. The van der Waals surface area contributed by atoms with E-state index in [1.54, 1.807) is 30.9 Å². The van der Waals surface area contributed by atoms with Gasteiger partial charge >= 0.3 is 0 Å². The lowest BCUT2D eigenvalue weighted by atomic mass is 10.2. The van der Waals surface area contributed by atoms with Crippen LogP contribution in [-0.4, -0.2) is 66.3 Å². The van der Waals surface area contributed by atoms with Crippen molar-refractivity contribution in [2.45, 2.75) is 19.9 Å². The van der Waals surface area contributed by atoms with Crippen LogP contribution in [0, 0.1) is 24.4 Å². The van der Waals surface area contributed by atoms with Crippen LogP contribution in [0.15, 0.2) is 28.7 Å². The Morgan fingerprint density at radius 1 is 1.03 bits per heavy atom. The van der Waals surface area contributed by atoms with Crippen molar-refractivity contribution in [2.24, 2.45) is 0 Å². The molecule has 172 valence electrons. The molecule has 1 aliphatic rings. The van der Waals surface area contributed by atoms with Gasteiger partial charge in [0.2, 0.25) is 11.8 Å². The normalized spacial score (nSPS) is 15.3. The minimum absolute atomic E-state index is 0.212. The van der Waals surface area contributed by atoms with Crippen LogP contribution in [0.4, 0.5) is 18.9 Å². The maximum Gasteiger partial charge on any atom is 0.289 e. The summed E-state index contributed by atoms with van der Waals surface area (Å²) in [5, 5.41) is 4.51. The number of nitrogens with zero attached hydrogens (tertiary/aromatic N) is 2. The van der Waals surface area contributed by atoms with Gasteiger partial charge in [-0.3, -0.25) is 19.3 Å². The maximum absolute atomic E-state index is 13.6. The molecule has 1 aromatic heterocycles. The van der Waals surface area contributed by atoms with Gasteiger partial charge in [0, 0.05) is 26.2 Å². The molecule has 1 aliphatic heterocycles. The van der Waals surface area contributed by atoms with Gasteiger partial charge in [-0.05, 0) is 38.1 Å². The summed E-state index contributed by atoms with van der Waals surface area (Å²) in [5.41, 5.74) is -0.524. The molecular formula is C21H23F3N4O4. The zero-order valence-electron chi connectivity index (χ0n) is 17.6. The second-order valence-electron chi connectivity index (χ2n) is 7.40. The number of rotatable bonds is 6. The predicted octanol–water partition coefficient (Wildman–Crippen LogP) is 1.91. The van der Waals surface area contributed by atoms with Crippen molar-refractivity contribution in [2.75, 3.05) is 38.0 Å². The smallest absolute Gasteiger partial charge is 0.289 e. The van der Waals surface area contributed by atoms with Crippen molar-refractivity contribution >= 4 is 23.4 Å². The number of amides is 3. The Morgan fingerprint density at radius 2 is 1.72 bits per heavy atom. The average Bonchev–Trinajstić information content (AvgIpc) is 3.23. The first-order valence-corrected chi connectivity index (χ1v) is 9.98. The van der Waals surface area contributed by atoms with E-state index in [2.05, 4.69) is 10.6 Å². The molecule has 1 atom stereocenters. The molecule has 0 radical (unpaired) electrons. The third-order valence-electron chi connectivity index (χ3n) is 5.21. The molecule has 0 saturated carbocycles. The lowest BCUT2D eigenvalue weighted by Gasteiger charge is -2.37. The molecule has 2 aromatic rings. The van der Waals surface area contributed by atoms with E-state index in [0.29, 0.717) is 38.0 Å². The largest absolute Gasteiger partial charge is 0.456 e. The first kappa shape index (κ1) is 23.3. The van der Waals surface area contributed by atoms with E-state index in [1.807, 2.05) is 4.90 Å². The maximum atomic E-state index is 13.6. The second kappa shape index (κ2) is 9.86. The van der Waals surface area contributed by atoms with Crippen molar-refractivity contribution in [3.8, 4) is 0 Å². The van der Waals surface area contributed by atoms with Gasteiger partial charge in [0.15, 0.2) is 23.2 Å². The summed E-state index contributed by atoms with van der Waals surface area (Å²) < 4.78 is 45.2. The molecule has 3 rings (SSSR count). The minimum Gasteiger partial charge on any atom is -0.456 e. The Bertz CT molecular complexity index is 1020. The van der Waals surface area contributed by atoms with E-state index < -0.39 is 47.5 Å². The Labute approximate surface area is 182 Å². The highest BCUT2D eigenvalue weighted by molar-refractivity contribution is 5.95. The summed E-state index contributed by atoms with van der Waals surface area (Å²) in [5.74, 6) is -5.11. The summed E-state index contributed by atoms with van der Waals surface area (Å²) in [7, 11) is 0. The molecule has 1 unspecified atom stereocenters. The molecule has 2 heterocycles. The fourth-order valence-corrected chi connectivity index (χ4v) is 3.32. The van der Waals surface area contributed by atoms with Gasteiger partial charge in [-0.25, -0.2) is 13.2 Å². The van der Waals surface area contributed by atoms with Crippen LogP contribution in [0.25, 0.3) is 0 Å². The zero-order chi connectivity index (χ0) is 23.4.